The molecule has 4 nitrogen and oxygen atoms in total. The van der Waals surface area contributed by atoms with Crippen LogP contribution >= 0.6 is 0 Å². The predicted molar refractivity (Wildman–Crippen MR) is 139 cm³/mol. The highest BCUT2D eigenvalue weighted by Gasteiger charge is 2.64. The molecule has 0 N–H and O–H groups in total. The third-order valence-corrected chi connectivity index (χ3v) is 12.7. The zero-order valence-corrected chi connectivity index (χ0v) is 22.7. The lowest BCUT2D eigenvalue weighted by molar-refractivity contribution is -0.0430. The summed E-state index contributed by atoms with van der Waals surface area (Å²) in [6.45, 7) is 10.9. The van der Waals surface area contributed by atoms with Crippen molar-refractivity contribution in [2.24, 2.45) is 34.5 Å². The Balaban J connectivity index is 1.20. The molecule has 0 aromatic carbocycles. The largest absolute Gasteiger partial charge is 0.324 e. The smallest absolute Gasteiger partial charge is 0.320 e. The van der Waals surface area contributed by atoms with E-state index in [2.05, 4.69) is 62.6 Å². The summed E-state index contributed by atoms with van der Waals surface area (Å²) in [5.74, 6) is 3.64. The minimum absolute atomic E-state index is 0.275. The van der Waals surface area contributed by atoms with Gasteiger partial charge >= 0.3 is 6.03 Å². The van der Waals surface area contributed by atoms with Crippen LogP contribution in [-0.2, 0) is 0 Å². The highest BCUT2D eigenvalue weighted by atomic mass is 16.2. The van der Waals surface area contributed by atoms with Crippen molar-refractivity contribution in [1.29, 1.82) is 0 Å². The van der Waals surface area contributed by atoms with E-state index in [-0.39, 0.29) is 6.03 Å². The molecule has 2 aliphatic heterocycles. The molecule has 4 heteroatoms. The van der Waals surface area contributed by atoms with Gasteiger partial charge in [0.2, 0.25) is 0 Å². The van der Waals surface area contributed by atoms with Gasteiger partial charge in [-0.05, 0) is 127 Å². The Morgan fingerprint density at radius 3 is 2.41 bits per heavy atom. The third-order valence-electron chi connectivity index (χ3n) is 12.7. The number of allylic oxidation sites excluding steroid dienone is 1. The third kappa shape index (κ3) is 3.08. The molecule has 2 amide bonds. The number of hydrogen-bond acceptors (Lipinski definition) is 2. The Labute approximate surface area is 208 Å². The SMILES string of the molecule is CC1CCC(C)N1C(=O)N(C)[C@H]1CC[C@@]2(C)C(=CC[C@@H]3C2CC[C@]24CN(C)[C@@H](C)[C@H]2CC[C@@H]34)C1. The Morgan fingerprint density at radius 1 is 0.971 bits per heavy atom. The van der Waals surface area contributed by atoms with Gasteiger partial charge in [-0.2, -0.15) is 0 Å². The van der Waals surface area contributed by atoms with Gasteiger partial charge in [0.25, 0.3) is 0 Å². The summed E-state index contributed by atoms with van der Waals surface area (Å²) in [5.41, 5.74) is 2.69. The van der Waals surface area contributed by atoms with Gasteiger partial charge in [0, 0.05) is 37.8 Å². The molecule has 5 fully saturated rings. The maximum absolute atomic E-state index is 13.4. The molecule has 0 aromatic heterocycles. The van der Waals surface area contributed by atoms with Gasteiger partial charge in [0.15, 0.2) is 0 Å². The van der Waals surface area contributed by atoms with Crippen LogP contribution < -0.4 is 0 Å². The van der Waals surface area contributed by atoms with Crippen molar-refractivity contribution >= 4 is 6.03 Å². The number of hydrogen-bond donors (Lipinski definition) is 0. The molecule has 6 aliphatic rings. The van der Waals surface area contributed by atoms with Crippen LogP contribution in [0.15, 0.2) is 11.6 Å². The van der Waals surface area contributed by atoms with E-state index in [1.165, 1.54) is 51.5 Å². The second-order valence-electron chi connectivity index (χ2n) is 13.8. The second-order valence-corrected chi connectivity index (χ2v) is 13.8. The van der Waals surface area contributed by atoms with Crippen LogP contribution in [0.1, 0.15) is 91.9 Å². The predicted octanol–water partition coefficient (Wildman–Crippen LogP) is 6.17. The number of urea groups is 1. The topological polar surface area (TPSA) is 26.8 Å². The Hall–Kier alpha value is -1.03. The molecule has 34 heavy (non-hydrogen) atoms. The maximum atomic E-state index is 13.4. The van der Waals surface area contributed by atoms with Crippen LogP contribution in [0.2, 0.25) is 0 Å². The van der Waals surface area contributed by atoms with Crippen LogP contribution in [0.5, 0.6) is 0 Å². The van der Waals surface area contributed by atoms with Crippen LogP contribution in [-0.4, -0.2) is 65.5 Å². The lowest BCUT2D eigenvalue weighted by Gasteiger charge is -2.58. The normalized spacial score (nSPS) is 50.3. The zero-order valence-electron chi connectivity index (χ0n) is 22.7. The van der Waals surface area contributed by atoms with Gasteiger partial charge in [0.05, 0.1) is 0 Å². The first-order chi connectivity index (χ1) is 16.2. The average Bonchev–Trinajstić information content (AvgIpc) is 3.43. The van der Waals surface area contributed by atoms with Crippen molar-refractivity contribution in [1.82, 2.24) is 14.7 Å². The van der Waals surface area contributed by atoms with Crippen molar-refractivity contribution in [3.8, 4) is 0 Å². The Bertz CT molecular complexity index is 859. The van der Waals surface area contributed by atoms with Crippen molar-refractivity contribution in [3.05, 3.63) is 11.6 Å². The first-order valence-electron chi connectivity index (χ1n) is 14.6. The van der Waals surface area contributed by atoms with Crippen LogP contribution in [0.25, 0.3) is 0 Å². The Kier molecular flexibility index (Phi) is 5.49. The average molecular weight is 468 g/mol. The van der Waals surface area contributed by atoms with E-state index >= 15 is 0 Å². The number of amides is 2. The standard InChI is InChI=1S/C30H49N3O/c1-19-7-8-20(2)33(19)28(34)32(6)23-13-15-29(4)22(17-23)9-10-24-26(29)14-16-30-18-31(5)21(3)25(30)11-12-27(24)30/h9,19-21,23-27H,7-8,10-18H2,1-6H3/t19?,20?,21-,23-,24+,25+,26?,27-,29-,30-/m0/s1. The maximum Gasteiger partial charge on any atom is 0.320 e. The minimum Gasteiger partial charge on any atom is -0.324 e. The molecule has 0 radical (unpaired) electrons. The summed E-state index contributed by atoms with van der Waals surface area (Å²) in [5, 5.41) is 0. The molecular weight excluding hydrogens is 418 g/mol. The molecule has 0 aromatic rings. The summed E-state index contributed by atoms with van der Waals surface area (Å²) in [4.78, 5) is 20.4. The van der Waals surface area contributed by atoms with E-state index in [0.717, 1.165) is 49.0 Å². The lowest BCUT2D eigenvalue weighted by Crippen LogP contribution is -2.54. The first kappa shape index (κ1) is 23.4. The van der Waals surface area contributed by atoms with E-state index in [4.69, 9.17) is 0 Å². The zero-order chi connectivity index (χ0) is 24.0. The minimum atomic E-state index is 0.275. The summed E-state index contributed by atoms with van der Waals surface area (Å²) < 4.78 is 0. The van der Waals surface area contributed by atoms with Crippen molar-refractivity contribution in [3.63, 3.8) is 0 Å². The monoisotopic (exact) mass is 467 g/mol. The van der Waals surface area contributed by atoms with Gasteiger partial charge in [-0.25, -0.2) is 4.79 Å². The fourth-order valence-electron chi connectivity index (χ4n) is 10.7. The summed E-state index contributed by atoms with van der Waals surface area (Å²) in [7, 11) is 4.46. The molecule has 10 atom stereocenters. The quantitative estimate of drug-likeness (QED) is 0.431. The fraction of sp³-hybridized carbons (Fsp3) is 0.900. The van der Waals surface area contributed by atoms with Crippen molar-refractivity contribution in [2.45, 2.75) is 116 Å². The summed E-state index contributed by atoms with van der Waals surface area (Å²) in [6.07, 6.45) is 15.7. The highest BCUT2D eigenvalue weighted by Crippen LogP contribution is 2.68. The van der Waals surface area contributed by atoms with Crippen LogP contribution in [0.3, 0.4) is 0 Å². The van der Waals surface area contributed by atoms with Gasteiger partial charge in [0.1, 0.15) is 0 Å². The van der Waals surface area contributed by atoms with E-state index in [0.29, 0.717) is 29.0 Å². The van der Waals surface area contributed by atoms with Crippen molar-refractivity contribution < 1.29 is 4.79 Å². The number of carbonyl (C=O) groups excluding carboxylic acids is 1. The number of rotatable bonds is 1. The van der Waals surface area contributed by atoms with Gasteiger partial charge in [-0.15, -0.1) is 0 Å². The number of fused-ring (bicyclic) bond motifs is 4. The Morgan fingerprint density at radius 2 is 1.68 bits per heavy atom. The van der Waals surface area contributed by atoms with E-state index in [1.54, 1.807) is 5.57 Å². The number of nitrogens with zero attached hydrogens (tertiary/aromatic N) is 3. The van der Waals surface area contributed by atoms with Crippen LogP contribution in [0.4, 0.5) is 4.79 Å². The fourth-order valence-corrected chi connectivity index (χ4v) is 10.7. The van der Waals surface area contributed by atoms with Gasteiger partial charge in [-0.3, -0.25) is 0 Å². The molecule has 3 unspecified atom stereocenters. The summed E-state index contributed by atoms with van der Waals surface area (Å²) >= 11 is 0. The summed E-state index contributed by atoms with van der Waals surface area (Å²) in [6, 6.07) is 2.19. The number of carbonyl (C=O) groups is 1. The molecule has 1 spiro atoms. The molecule has 190 valence electrons. The van der Waals surface area contributed by atoms with Gasteiger partial charge < -0.3 is 14.7 Å². The molecular formula is C30H49N3O. The highest BCUT2D eigenvalue weighted by molar-refractivity contribution is 5.75. The molecule has 0 bridgehead atoms. The molecule has 6 rings (SSSR count). The molecule has 2 heterocycles. The number of likely N-dealkylation sites (tertiary alicyclic amines) is 2. The lowest BCUT2D eigenvalue weighted by atomic mass is 9.47. The first-order valence-corrected chi connectivity index (χ1v) is 14.6. The molecule has 4 aliphatic carbocycles. The van der Waals surface area contributed by atoms with E-state index in [1.807, 2.05) is 0 Å². The van der Waals surface area contributed by atoms with E-state index in [9.17, 15) is 4.79 Å². The van der Waals surface area contributed by atoms with Gasteiger partial charge in [-0.1, -0.05) is 18.6 Å². The van der Waals surface area contributed by atoms with Crippen molar-refractivity contribution in [2.75, 3.05) is 20.6 Å². The van der Waals surface area contributed by atoms with Crippen LogP contribution in [0, 0.1) is 34.5 Å². The molecule has 3 saturated carbocycles. The molecule has 2 saturated heterocycles. The second kappa shape index (κ2) is 7.98. The van der Waals surface area contributed by atoms with E-state index < -0.39 is 0 Å².